The zero-order valence-corrected chi connectivity index (χ0v) is 20.3. The van der Waals surface area contributed by atoms with Crippen LogP contribution >= 0.6 is 0 Å². The van der Waals surface area contributed by atoms with Gasteiger partial charge in [0, 0.05) is 37.3 Å². The lowest BCUT2D eigenvalue weighted by atomic mass is 10.1. The molecule has 5 rings (SSSR count). The van der Waals surface area contributed by atoms with Gasteiger partial charge in [-0.3, -0.25) is 4.90 Å². The van der Waals surface area contributed by atoms with Gasteiger partial charge in [-0.05, 0) is 37.9 Å². The summed E-state index contributed by atoms with van der Waals surface area (Å²) in [4.78, 5) is 10.6. The Hall–Kier alpha value is -4.06. The fourth-order valence-corrected chi connectivity index (χ4v) is 4.69. The molecular formula is C26H23F5N6O. The van der Waals surface area contributed by atoms with Gasteiger partial charge in [0.25, 0.3) is 0 Å². The molecule has 1 aliphatic rings. The molecule has 0 radical (unpaired) electrons. The molecule has 1 saturated heterocycles. The number of nitrogens with zero attached hydrogens (tertiary/aromatic N) is 5. The third kappa shape index (κ3) is 4.78. The second-order valence-corrected chi connectivity index (χ2v) is 9.38. The van der Waals surface area contributed by atoms with Crippen molar-refractivity contribution in [1.29, 1.82) is 0 Å². The van der Waals surface area contributed by atoms with Crippen molar-refractivity contribution in [1.82, 2.24) is 24.6 Å². The third-order valence-electron chi connectivity index (χ3n) is 6.34. The molecule has 0 aliphatic carbocycles. The van der Waals surface area contributed by atoms with Gasteiger partial charge in [0.15, 0.2) is 17.3 Å². The Morgan fingerprint density at radius 2 is 1.82 bits per heavy atom. The second kappa shape index (κ2) is 10.0. The van der Waals surface area contributed by atoms with Crippen molar-refractivity contribution >= 4 is 16.9 Å². The number of hydrogen-bond donors (Lipinski definition) is 1. The average Bonchev–Trinajstić information content (AvgIpc) is 3.45. The topological polar surface area (TPSA) is 82.1 Å². The van der Waals surface area contributed by atoms with Crippen molar-refractivity contribution < 1.29 is 26.7 Å². The number of hydrogen-bond acceptors (Lipinski definition) is 6. The van der Waals surface area contributed by atoms with E-state index >= 15 is 4.39 Å². The zero-order chi connectivity index (χ0) is 27.1. The SMILES string of the molecule is C=C(C)CN1CC[C@@H](Cn2nc(-c3ccc(Oc4c(F)c(F)cc(F)c4F)cc3F)c3c(N)ncnc32)C1. The van der Waals surface area contributed by atoms with E-state index in [1.54, 1.807) is 4.68 Å². The van der Waals surface area contributed by atoms with Crippen LogP contribution in [-0.4, -0.2) is 44.3 Å². The van der Waals surface area contributed by atoms with Crippen LogP contribution in [0.25, 0.3) is 22.3 Å². The Balaban J connectivity index is 1.47. The molecular weight excluding hydrogens is 507 g/mol. The van der Waals surface area contributed by atoms with E-state index in [4.69, 9.17) is 10.5 Å². The fourth-order valence-electron chi connectivity index (χ4n) is 4.69. The Morgan fingerprint density at radius 1 is 1.08 bits per heavy atom. The molecule has 4 aromatic rings. The number of halogens is 5. The monoisotopic (exact) mass is 530 g/mol. The Kier molecular flexibility index (Phi) is 6.74. The second-order valence-electron chi connectivity index (χ2n) is 9.38. The molecule has 0 bridgehead atoms. The fraction of sp³-hybridized carbons (Fsp3) is 0.269. The van der Waals surface area contributed by atoms with E-state index < -0.39 is 34.8 Å². The van der Waals surface area contributed by atoms with Gasteiger partial charge in [-0.25, -0.2) is 27.8 Å². The number of nitrogens with two attached hydrogens (primary N) is 1. The van der Waals surface area contributed by atoms with E-state index in [1.165, 1.54) is 18.5 Å². The van der Waals surface area contributed by atoms with Crippen molar-refractivity contribution in [2.24, 2.45) is 5.92 Å². The minimum Gasteiger partial charge on any atom is -0.451 e. The van der Waals surface area contributed by atoms with Crippen LogP contribution in [0, 0.1) is 35.0 Å². The minimum absolute atomic E-state index is 0.00398. The van der Waals surface area contributed by atoms with Crippen molar-refractivity contribution in [2.75, 3.05) is 25.4 Å². The number of likely N-dealkylation sites (tertiary alicyclic amines) is 1. The molecule has 0 spiro atoms. The first-order valence-corrected chi connectivity index (χ1v) is 11.8. The van der Waals surface area contributed by atoms with Crippen molar-refractivity contribution in [3.05, 3.63) is 71.8 Å². The molecule has 12 heteroatoms. The summed E-state index contributed by atoms with van der Waals surface area (Å²) in [7, 11) is 0. The summed E-state index contributed by atoms with van der Waals surface area (Å²) in [6.45, 7) is 9.05. The van der Waals surface area contributed by atoms with Crippen LogP contribution in [0.5, 0.6) is 11.5 Å². The molecule has 198 valence electrons. The van der Waals surface area contributed by atoms with Crippen molar-refractivity contribution in [3.63, 3.8) is 0 Å². The van der Waals surface area contributed by atoms with Crippen LogP contribution in [0.3, 0.4) is 0 Å². The quantitative estimate of drug-likeness (QED) is 0.194. The van der Waals surface area contributed by atoms with Gasteiger partial charge < -0.3 is 10.5 Å². The third-order valence-corrected chi connectivity index (χ3v) is 6.34. The first-order valence-electron chi connectivity index (χ1n) is 11.8. The summed E-state index contributed by atoms with van der Waals surface area (Å²) in [5.41, 5.74) is 7.80. The van der Waals surface area contributed by atoms with Crippen LogP contribution in [-0.2, 0) is 6.54 Å². The first-order chi connectivity index (χ1) is 18.1. The lowest BCUT2D eigenvalue weighted by Crippen LogP contribution is -2.23. The highest BCUT2D eigenvalue weighted by Crippen LogP contribution is 2.36. The summed E-state index contributed by atoms with van der Waals surface area (Å²) < 4.78 is 77.0. The molecule has 38 heavy (non-hydrogen) atoms. The van der Waals surface area contributed by atoms with Crippen LogP contribution in [0.4, 0.5) is 27.8 Å². The van der Waals surface area contributed by atoms with Gasteiger partial charge in [0.05, 0.1) is 5.39 Å². The Morgan fingerprint density at radius 3 is 2.50 bits per heavy atom. The maximum atomic E-state index is 15.3. The van der Waals surface area contributed by atoms with Gasteiger partial charge in [0.2, 0.25) is 17.4 Å². The number of fused-ring (bicyclic) bond motifs is 1. The highest BCUT2D eigenvalue weighted by Gasteiger charge is 2.27. The van der Waals surface area contributed by atoms with Crippen LogP contribution in [0.15, 0.2) is 42.7 Å². The standard InChI is InChI=1S/C26H23F5N6O/c1-13(2)9-36-6-5-14(10-36)11-37-26-20(25(32)33-12-34-26)23(35-37)16-4-3-15(7-17(16)27)38-24-21(30)18(28)8-19(29)22(24)31/h3-4,7-8,12,14H,1,5-6,9-11H2,2H3,(H2,32,33,34)/t14-/m1/s1. The number of aromatic nitrogens is 4. The molecule has 2 aromatic heterocycles. The van der Waals surface area contributed by atoms with Crippen molar-refractivity contribution in [3.8, 4) is 22.8 Å². The van der Waals surface area contributed by atoms with E-state index in [-0.39, 0.29) is 34.8 Å². The summed E-state index contributed by atoms with van der Waals surface area (Å²) in [6, 6.07) is 3.34. The first kappa shape index (κ1) is 25.6. The normalized spacial score (nSPS) is 15.9. The highest BCUT2D eigenvalue weighted by molar-refractivity contribution is 5.98. The Bertz CT molecular complexity index is 1530. The van der Waals surface area contributed by atoms with Gasteiger partial charge in [0.1, 0.15) is 29.4 Å². The molecule has 0 unspecified atom stereocenters. The maximum absolute atomic E-state index is 15.3. The van der Waals surface area contributed by atoms with E-state index in [2.05, 4.69) is 26.5 Å². The van der Waals surface area contributed by atoms with E-state index in [0.29, 0.717) is 17.6 Å². The molecule has 1 atom stereocenters. The Labute approximate surface area is 214 Å². The zero-order valence-electron chi connectivity index (χ0n) is 20.3. The van der Waals surface area contributed by atoms with Crippen LogP contribution in [0.2, 0.25) is 0 Å². The summed E-state index contributed by atoms with van der Waals surface area (Å²) in [5, 5.41) is 4.94. The molecule has 0 saturated carbocycles. The maximum Gasteiger partial charge on any atom is 0.204 e. The summed E-state index contributed by atoms with van der Waals surface area (Å²) in [6.07, 6.45) is 2.24. The predicted octanol–water partition coefficient (Wildman–Crippen LogP) is 5.46. The minimum atomic E-state index is -1.74. The molecule has 2 aromatic carbocycles. The van der Waals surface area contributed by atoms with E-state index in [1.807, 2.05) is 6.92 Å². The number of ether oxygens (including phenoxy) is 1. The van der Waals surface area contributed by atoms with Crippen LogP contribution < -0.4 is 10.5 Å². The molecule has 1 aliphatic heterocycles. The number of anilines is 1. The molecule has 0 amide bonds. The van der Waals surface area contributed by atoms with Gasteiger partial charge in [-0.1, -0.05) is 12.2 Å². The molecule has 7 nitrogen and oxygen atoms in total. The molecule has 3 heterocycles. The lowest BCUT2D eigenvalue weighted by molar-refractivity contribution is 0.338. The average molecular weight is 531 g/mol. The summed E-state index contributed by atoms with van der Waals surface area (Å²) in [5.74, 6) is -8.96. The highest BCUT2D eigenvalue weighted by atomic mass is 19.2. The molecule has 1 fully saturated rings. The van der Waals surface area contributed by atoms with Gasteiger partial charge in [-0.2, -0.15) is 13.9 Å². The van der Waals surface area contributed by atoms with E-state index in [9.17, 15) is 17.6 Å². The largest absolute Gasteiger partial charge is 0.451 e. The van der Waals surface area contributed by atoms with Crippen LogP contribution in [0.1, 0.15) is 13.3 Å². The number of rotatable bonds is 7. The lowest BCUT2D eigenvalue weighted by Gasteiger charge is -2.15. The van der Waals surface area contributed by atoms with Gasteiger partial charge >= 0.3 is 0 Å². The summed E-state index contributed by atoms with van der Waals surface area (Å²) >= 11 is 0. The van der Waals surface area contributed by atoms with E-state index in [0.717, 1.165) is 37.7 Å². The number of nitrogen functional groups attached to an aromatic ring is 1. The smallest absolute Gasteiger partial charge is 0.204 e. The predicted molar refractivity (Wildman–Crippen MR) is 131 cm³/mol. The van der Waals surface area contributed by atoms with Gasteiger partial charge in [-0.15, -0.1) is 0 Å². The number of benzene rings is 2. The van der Waals surface area contributed by atoms with Crippen molar-refractivity contribution in [2.45, 2.75) is 19.9 Å². The molecule has 2 N–H and O–H groups in total.